The summed E-state index contributed by atoms with van der Waals surface area (Å²) in [5.74, 6) is 0.917. The topological polar surface area (TPSA) is 85.3 Å². The normalized spacial score (nSPS) is 16.5. The van der Waals surface area contributed by atoms with Gasteiger partial charge in [-0.05, 0) is 42.3 Å². The molecule has 0 N–H and O–H groups in total. The number of benzene rings is 1. The molecule has 0 saturated carbocycles. The van der Waals surface area contributed by atoms with Gasteiger partial charge in [0.05, 0.1) is 10.4 Å². The van der Waals surface area contributed by atoms with Crippen LogP contribution < -0.4 is 0 Å². The molecule has 1 aliphatic heterocycles. The van der Waals surface area contributed by atoms with Gasteiger partial charge in [-0.1, -0.05) is 28.5 Å². The van der Waals surface area contributed by atoms with Crippen molar-refractivity contribution in [3.63, 3.8) is 0 Å². The quantitative estimate of drug-likeness (QED) is 0.450. The second-order valence-corrected chi connectivity index (χ2v) is 8.46. The highest BCUT2D eigenvalue weighted by atomic mass is 32.1. The number of hydrogen-bond acceptors (Lipinski definition) is 7. The van der Waals surface area contributed by atoms with Gasteiger partial charge in [0, 0.05) is 25.6 Å². The third-order valence-electron chi connectivity index (χ3n) is 5.35. The fourth-order valence-electron chi connectivity index (χ4n) is 3.83. The van der Waals surface area contributed by atoms with Gasteiger partial charge >= 0.3 is 0 Å². The van der Waals surface area contributed by atoms with Gasteiger partial charge in [0.15, 0.2) is 11.5 Å². The summed E-state index contributed by atoms with van der Waals surface area (Å²) in [7, 11) is 0. The smallest absolute Gasteiger partial charge is 0.276 e. The summed E-state index contributed by atoms with van der Waals surface area (Å²) in [6, 6.07) is 11.9. The molecule has 0 aliphatic carbocycles. The molecule has 0 bridgehead atoms. The van der Waals surface area contributed by atoms with Crippen molar-refractivity contribution in [2.45, 2.75) is 19.3 Å². The lowest BCUT2D eigenvalue weighted by molar-refractivity contribution is 0.0658. The summed E-state index contributed by atoms with van der Waals surface area (Å²) in [5.41, 5.74) is 0.620. The molecule has 0 spiro atoms. The molecule has 1 aromatic carbocycles. The lowest BCUT2D eigenvalue weighted by atomic mass is 9.94. The number of rotatable bonds is 5. The average Bonchev–Trinajstić information content (AvgIpc) is 3.55. The highest BCUT2D eigenvalue weighted by molar-refractivity contribution is 7.13. The maximum absolute atomic E-state index is 14.0. The van der Waals surface area contributed by atoms with Crippen LogP contribution in [0.4, 0.5) is 4.39 Å². The van der Waals surface area contributed by atoms with Gasteiger partial charge in [-0.25, -0.2) is 4.39 Å². The lowest BCUT2D eigenvalue weighted by Gasteiger charge is -2.31. The number of likely N-dealkylation sites (tertiary alicyclic amines) is 1. The third kappa shape index (κ3) is 4.13. The van der Waals surface area contributed by atoms with Gasteiger partial charge in [-0.2, -0.15) is 4.98 Å². The first-order valence-corrected chi connectivity index (χ1v) is 10.9. The zero-order valence-corrected chi connectivity index (χ0v) is 17.3. The highest BCUT2D eigenvalue weighted by Crippen LogP contribution is 2.27. The number of carbonyl (C=O) groups excluding carboxylic acids is 1. The van der Waals surface area contributed by atoms with Crippen LogP contribution in [0.2, 0.25) is 0 Å². The third-order valence-corrected chi connectivity index (χ3v) is 6.23. The Bertz CT molecular complexity index is 1190. The number of aromatic nitrogens is 3. The van der Waals surface area contributed by atoms with E-state index >= 15 is 0 Å². The molecule has 1 saturated heterocycles. The Labute approximate surface area is 181 Å². The Hall–Kier alpha value is -3.33. The van der Waals surface area contributed by atoms with Crippen molar-refractivity contribution in [2.24, 2.45) is 5.92 Å². The van der Waals surface area contributed by atoms with Crippen LogP contribution in [0.15, 0.2) is 56.9 Å². The van der Waals surface area contributed by atoms with E-state index in [1.165, 1.54) is 17.4 Å². The Balaban J connectivity index is 1.25. The summed E-state index contributed by atoms with van der Waals surface area (Å²) in [4.78, 5) is 20.0. The molecule has 31 heavy (non-hydrogen) atoms. The van der Waals surface area contributed by atoms with E-state index in [2.05, 4.69) is 15.3 Å². The zero-order chi connectivity index (χ0) is 21.2. The van der Waals surface area contributed by atoms with Crippen LogP contribution in [-0.2, 0) is 6.42 Å². The minimum atomic E-state index is -0.390. The van der Waals surface area contributed by atoms with Gasteiger partial charge in [-0.15, -0.1) is 11.3 Å². The van der Waals surface area contributed by atoms with E-state index in [1.54, 1.807) is 29.2 Å². The van der Waals surface area contributed by atoms with Crippen LogP contribution in [0.25, 0.3) is 22.0 Å². The Kier molecular flexibility index (Phi) is 5.33. The van der Waals surface area contributed by atoms with Crippen LogP contribution in [-0.4, -0.2) is 39.2 Å². The molecule has 4 aromatic rings. The first-order valence-electron chi connectivity index (χ1n) is 10.0. The van der Waals surface area contributed by atoms with E-state index in [4.69, 9.17) is 9.05 Å². The summed E-state index contributed by atoms with van der Waals surface area (Å²) in [6.45, 7) is 1.23. The molecule has 5 rings (SSSR count). The van der Waals surface area contributed by atoms with E-state index in [0.717, 1.165) is 17.7 Å². The van der Waals surface area contributed by atoms with Crippen molar-refractivity contribution in [1.82, 2.24) is 20.2 Å². The Morgan fingerprint density at radius 1 is 1.19 bits per heavy atom. The van der Waals surface area contributed by atoms with Crippen LogP contribution in [0.1, 0.15) is 29.2 Å². The Morgan fingerprint density at radius 2 is 2.10 bits per heavy atom. The maximum Gasteiger partial charge on any atom is 0.276 e. The fraction of sp³-hybridized carbons (Fsp3) is 0.273. The number of carbonyl (C=O) groups is 1. The largest absolute Gasteiger partial charge is 0.355 e. The molecule has 9 heteroatoms. The molecule has 1 atom stereocenters. The molecular weight excluding hydrogens is 419 g/mol. The molecule has 158 valence electrons. The van der Waals surface area contributed by atoms with Gasteiger partial charge in [-0.3, -0.25) is 4.79 Å². The molecule has 0 radical (unpaired) electrons. The summed E-state index contributed by atoms with van der Waals surface area (Å²) in [6.07, 6.45) is 2.35. The number of hydrogen-bond donors (Lipinski definition) is 0. The number of piperidine rings is 1. The van der Waals surface area contributed by atoms with Crippen LogP contribution in [0.3, 0.4) is 0 Å². The summed E-state index contributed by atoms with van der Waals surface area (Å²) >= 11 is 1.53. The summed E-state index contributed by atoms with van der Waals surface area (Å²) < 4.78 is 24.6. The molecule has 0 unspecified atom stereocenters. The van der Waals surface area contributed by atoms with Crippen molar-refractivity contribution in [3.05, 3.63) is 65.2 Å². The van der Waals surface area contributed by atoms with Crippen molar-refractivity contribution in [3.8, 4) is 22.0 Å². The minimum absolute atomic E-state index is 0.145. The number of halogens is 1. The zero-order valence-electron chi connectivity index (χ0n) is 16.5. The minimum Gasteiger partial charge on any atom is -0.355 e. The molecule has 4 heterocycles. The van der Waals surface area contributed by atoms with Crippen LogP contribution in [0.5, 0.6) is 0 Å². The van der Waals surface area contributed by atoms with Crippen molar-refractivity contribution in [1.29, 1.82) is 0 Å². The second kappa shape index (κ2) is 8.43. The van der Waals surface area contributed by atoms with E-state index in [0.29, 0.717) is 42.4 Å². The molecular formula is C22H19FN4O3S. The predicted octanol–water partition coefficient (Wildman–Crippen LogP) is 4.69. The standard InChI is InChI=1S/C22H19FN4O3S/c23-16-7-2-1-6-15(16)21-24-20(30-26-21)11-14-5-3-9-27(13-14)22(28)17-12-18(29-25-17)19-8-4-10-31-19/h1-2,4,6-8,10,12,14H,3,5,9,11,13H2/t14-/m1/s1. The van der Waals surface area contributed by atoms with Crippen LogP contribution >= 0.6 is 11.3 Å². The van der Waals surface area contributed by atoms with E-state index in [9.17, 15) is 9.18 Å². The average molecular weight is 438 g/mol. The van der Waals surface area contributed by atoms with E-state index in [-0.39, 0.29) is 23.5 Å². The van der Waals surface area contributed by atoms with Crippen molar-refractivity contribution < 1.29 is 18.2 Å². The number of thiophene rings is 1. The SMILES string of the molecule is O=C(c1cc(-c2cccs2)on1)N1CCC[C@H](Cc2nc(-c3ccccc3F)no2)C1. The van der Waals surface area contributed by atoms with Crippen molar-refractivity contribution >= 4 is 17.2 Å². The maximum atomic E-state index is 14.0. The monoisotopic (exact) mass is 438 g/mol. The van der Waals surface area contributed by atoms with E-state index < -0.39 is 0 Å². The number of amides is 1. The molecule has 1 fully saturated rings. The van der Waals surface area contributed by atoms with Gasteiger partial charge in [0.25, 0.3) is 5.91 Å². The van der Waals surface area contributed by atoms with E-state index in [1.807, 2.05) is 17.5 Å². The molecule has 1 amide bonds. The number of nitrogens with zero attached hydrogens (tertiary/aromatic N) is 4. The molecule has 7 nitrogen and oxygen atoms in total. The molecule has 3 aromatic heterocycles. The van der Waals surface area contributed by atoms with Gasteiger partial charge < -0.3 is 13.9 Å². The lowest BCUT2D eigenvalue weighted by Crippen LogP contribution is -2.40. The van der Waals surface area contributed by atoms with Gasteiger partial charge in [0.1, 0.15) is 5.82 Å². The fourth-order valence-corrected chi connectivity index (χ4v) is 4.50. The Morgan fingerprint density at radius 3 is 2.94 bits per heavy atom. The second-order valence-electron chi connectivity index (χ2n) is 7.51. The van der Waals surface area contributed by atoms with Crippen LogP contribution in [0, 0.1) is 11.7 Å². The highest BCUT2D eigenvalue weighted by Gasteiger charge is 2.28. The molecule has 1 aliphatic rings. The first kappa shape index (κ1) is 19.6. The predicted molar refractivity (Wildman–Crippen MR) is 112 cm³/mol. The summed E-state index contributed by atoms with van der Waals surface area (Å²) in [5, 5.41) is 9.83. The van der Waals surface area contributed by atoms with Gasteiger partial charge in [0.2, 0.25) is 11.7 Å². The first-order chi connectivity index (χ1) is 15.2. The van der Waals surface area contributed by atoms with Crippen molar-refractivity contribution in [2.75, 3.05) is 13.1 Å².